The van der Waals surface area contributed by atoms with Crippen LogP contribution in [0.3, 0.4) is 0 Å². The molecule has 36 heavy (non-hydrogen) atoms. The van der Waals surface area contributed by atoms with Crippen LogP contribution in [0.2, 0.25) is 0 Å². The van der Waals surface area contributed by atoms with Gasteiger partial charge < -0.3 is 23.7 Å². The van der Waals surface area contributed by atoms with Crippen LogP contribution >= 0.6 is 0 Å². The van der Waals surface area contributed by atoms with Gasteiger partial charge in [-0.2, -0.15) is 0 Å². The molecule has 2 amide bonds. The molecule has 1 fully saturated rings. The number of benzene rings is 1. The highest BCUT2D eigenvalue weighted by molar-refractivity contribution is 5.85. The van der Waals surface area contributed by atoms with Crippen molar-refractivity contribution in [2.75, 3.05) is 27.3 Å². The molecule has 1 aromatic heterocycles. The number of carbonyl (C=O) groups is 2. The smallest absolute Gasteiger partial charge is 0.242 e. The molecule has 0 N–H and O–H groups in total. The summed E-state index contributed by atoms with van der Waals surface area (Å²) in [6.45, 7) is 9.69. The monoisotopic (exact) mass is 498 g/mol. The molecule has 0 bridgehead atoms. The number of ether oxygens (including phenoxy) is 2. The van der Waals surface area contributed by atoms with Gasteiger partial charge in [0.1, 0.15) is 12.3 Å². The molecule has 3 rings (SSSR count). The average molecular weight is 499 g/mol. The largest absolute Gasteiger partial charge is 0.493 e. The first-order chi connectivity index (χ1) is 17.1. The zero-order valence-electron chi connectivity index (χ0n) is 22.7. The summed E-state index contributed by atoms with van der Waals surface area (Å²) in [6, 6.07) is 9.66. The summed E-state index contributed by atoms with van der Waals surface area (Å²) in [5, 5.41) is 0. The van der Waals surface area contributed by atoms with E-state index < -0.39 is 0 Å². The van der Waals surface area contributed by atoms with Crippen LogP contribution in [0.25, 0.3) is 0 Å². The number of hydrogen-bond acceptors (Lipinski definition) is 5. The number of methoxy groups -OCH3 is 2. The van der Waals surface area contributed by atoms with E-state index in [0.29, 0.717) is 37.4 Å². The van der Waals surface area contributed by atoms with E-state index in [4.69, 9.17) is 13.9 Å². The Balaban J connectivity index is 1.68. The van der Waals surface area contributed by atoms with Crippen molar-refractivity contribution in [3.05, 3.63) is 47.9 Å². The van der Waals surface area contributed by atoms with Gasteiger partial charge in [-0.15, -0.1) is 0 Å². The van der Waals surface area contributed by atoms with Crippen LogP contribution in [0.1, 0.15) is 64.7 Å². The molecule has 0 saturated heterocycles. The van der Waals surface area contributed by atoms with Gasteiger partial charge in [0.05, 0.1) is 27.0 Å². The highest BCUT2D eigenvalue weighted by Gasteiger charge is 2.35. The Kier molecular flexibility index (Phi) is 9.46. The molecule has 7 heteroatoms. The summed E-state index contributed by atoms with van der Waals surface area (Å²) < 4.78 is 16.3. The molecule has 1 unspecified atom stereocenters. The predicted molar refractivity (Wildman–Crippen MR) is 140 cm³/mol. The number of rotatable bonds is 13. The zero-order valence-corrected chi connectivity index (χ0v) is 22.7. The molecule has 7 nitrogen and oxygen atoms in total. The summed E-state index contributed by atoms with van der Waals surface area (Å²) in [7, 11) is 3.22. The first kappa shape index (κ1) is 27.6. The van der Waals surface area contributed by atoms with Crippen molar-refractivity contribution in [3.63, 3.8) is 0 Å². The Labute approximate surface area is 215 Å². The molecule has 2 aromatic rings. The fourth-order valence-corrected chi connectivity index (χ4v) is 4.77. The number of carbonyl (C=O) groups excluding carboxylic acids is 2. The fourth-order valence-electron chi connectivity index (χ4n) is 4.77. The summed E-state index contributed by atoms with van der Waals surface area (Å²) in [4.78, 5) is 30.3. The van der Waals surface area contributed by atoms with Gasteiger partial charge in [-0.05, 0) is 66.8 Å². The Morgan fingerprint density at radius 1 is 1.08 bits per heavy atom. The van der Waals surface area contributed by atoms with Crippen molar-refractivity contribution in [2.45, 2.75) is 72.4 Å². The molecular formula is C29H42N2O5. The minimum Gasteiger partial charge on any atom is -0.493 e. The Hall–Kier alpha value is -2.96. The van der Waals surface area contributed by atoms with Gasteiger partial charge in [-0.1, -0.05) is 33.8 Å². The molecule has 1 aromatic carbocycles. The van der Waals surface area contributed by atoms with E-state index in [-0.39, 0.29) is 35.7 Å². The summed E-state index contributed by atoms with van der Waals surface area (Å²) in [5.74, 6) is 2.35. The summed E-state index contributed by atoms with van der Waals surface area (Å²) in [6.07, 6.45) is 5.65. The SMILES string of the molecule is COc1ccc(CCN(Cc2ccco2)C(=O)CN(C(=O)CC(C)CC(C)(C)C)C2CC2)cc1OC. The number of hydrogen-bond donors (Lipinski definition) is 0. The molecule has 0 aliphatic heterocycles. The third-order valence-electron chi connectivity index (χ3n) is 6.50. The van der Waals surface area contributed by atoms with Crippen LogP contribution in [-0.2, 0) is 22.6 Å². The molecule has 0 spiro atoms. The Morgan fingerprint density at radius 2 is 1.81 bits per heavy atom. The normalized spacial score (nSPS) is 14.3. The third-order valence-corrected chi connectivity index (χ3v) is 6.50. The molecule has 1 aliphatic rings. The number of amides is 2. The van der Waals surface area contributed by atoms with E-state index in [1.807, 2.05) is 35.2 Å². The van der Waals surface area contributed by atoms with Crippen molar-refractivity contribution >= 4 is 11.8 Å². The van der Waals surface area contributed by atoms with Gasteiger partial charge in [0.25, 0.3) is 0 Å². The van der Waals surface area contributed by atoms with Gasteiger partial charge in [-0.3, -0.25) is 9.59 Å². The van der Waals surface area contributed by atoms with Crippen LogP contribution < -0.4 is 9.47 Å². The van der Waals surface area contributed by atoms with E-state index in [1.165, 1.54) is 0 Å². The van der Waals surface area contributed by atoms with Crippen molar-refractivity contribution in [3.8, 4) is 11.5 Å². The van der Waals surface area contributed by atoms with Crippen LogP contribution in [-0.4, -0.2) is 55.0 Å². The summed E-state index contributed by atoms with van der Waals surface area (Å²) in [5.41, 5.74) is 1.21. The molecular weight excluding hydrogens is 456 g/mol. The first-order valence-corrected chi connectivity index (χ1v) is 12.9. The zero-order chi connectivity index (χ0) is 26.3. The minimum atomic E-state index is -0.0596. The van der Waals surface area contributed by atoms with Crippen LogP contribution in [0.5, 0.6) is 11.5 Å². The van der Waals surface area contributed by atoms with Crippen LogP contribution in [0, 0.1) is 11.3 Å². The topological polar surface area (TPSA) is 72.2 Å². The number of furan rings is 1. The van der Waals surface area contributed by atoms with Gasteiger partial charge in [0, 0.05) is 19.0 Å². The second kappa shape index (κ2) is 12.3. The highest BCUT2D eigenvalue weighted by Crippen LogP contribution is 2.31. The lowest BCUT2D eigenvalue weighted by atomic mass is 9.84. The lowest BCUT2D eigenvalue weighted by Gasteiger charge is -2.29. The lowest BCUT2D eigenvalue weighted by Crippen LogP contribution is -2.44. The van der Waals surface area contributed by atoms with Crippen LogP contribution in [0.15, 0.2) is 41.0 Å². The van der Waals surface area contributed by atoms with Gasteiger partial charge in [-0.25, -0.2) is 0 Å². The van der Waals surface area contributed by atoms with Gasteiger partial charge >= 0.3 is 0 Å². The van der Waals surface area contributed by atoms with Crippen molar-refractivity contribution in [1.82, 2.24) is 9.80 Å². The van der Waals surface area contributed by atoms with Crippen molar-refractivity contribution < 1.29 is 23.5 Å². The second-order valence-corrected chi connectivity index (χ2v) is 11.2. The average Bonchev–Trinajstić information content (AvgIpc) is 3.53. The molecule has 1 atom stereocenters. The molecule has 198 valence electrons. The predicted octanol–water partition coefficient (Wildman–Crippen LogP) is 5.32. The van der Waals surface area contributed by atoms with Crippen molar-refractivity contribution in [1.29, 1.82) is 0 Å². The fraction of sp³-hybridized carbons (Fsp3) is 0.586. The van der Waals surface area contributed by atoms with Gasteiger partial charge in [0.15, 0.2) is 11.5 Å². The minimum absolute atomic E-state index is 0.0596. The van der Waals surface area contributed by atoms with E-state index in [9.17, 15) is 9.59 Å². The second-order valence-electron chi connectivity index (χ2n) is 11.2. The molecule has 0 radical (unpaired) electrons. The van der Waals surface area contributed by atoms with E-state index in [2.05, 4.69) is 27.7 Å². The van der Waals surface area contributed by atoms with E-state index >= 15 is 0 Å². The van der Waals surface area contributed by atoms with Crippen LogP contribution in [0.4, 0.5) is 0 Å². The maximum atomic E-state index is 13.5. The maximum Gasteiger partial charge on any atom is 0.242 e. The van der Waals surface area contributed by atoms with E-state index in [0.717, 1.165) is 30.6 Å². The number of nitrogens with zero attached hydrogens (tertiary/aromatic N) is 2. The Bertz CT molecular complexity index is 992. The molecule has 1 aliphatic carbocycles. The molecule has 1 saturated carbocycles. The van der Waals surface area contributed by atoms with Gasteiger partial charge in [0.2, 0.25) is 11.8 Å². The quantitative estimate of drug-likeness (QED) is 0.374. The first-order valence-electron chi connectivity index (χ1n) is 12.9. The van der Waals surface area contributed by atoms with Crippen molar-refractivity contribution in [2.24, 2.45) is 11.3 Å². The summed E-state index contributed by atoms with van der Waals surface area (Å²) >= 11 is 0. The molecule has 1 heterocycles. The highest BCUT2D eigenvalue weighted by atomic mass is 16.5. The standard InChI is InChI=1S/C29H42N2O5/c1-21(18-29(2,3)4)16-27(32)31(23-10-11-23)20-28(33)30(19-24-8-7-15-36-24)14-13-22-9-12-25(34-5)26(17-22)35-6/h7-9,12,15,17,21,23H,10-11,13-14,16,18-20H2,1-6H3. The Morgan fingerprint density at radius 3 is 2.39 bits per heavy atom. The lowest BCUT2D eigenvalue weighted by molar-refractivity contribution is -0.142. The third kappa shape index (κ3) is 8.32. The maximum absolute atomic E-state index is 13.5. The van der Waals surface area contributed by atoms with E-state index in [1.54, 1.807) is 25.4 Å².